The van der Waals surface area contributed by atoms with E-state index in [0.29, 0.717) is 17.4 Å². The summed E-state index contributed by atoms with van der Waals surface area (Å²) in [5.41, 5.74) is 0.775. The summed E-state index contributed by atoms with van der Waals surface area (Å²) in [5, 5.41) is 11.5. The van der Waals surface area contributed by atoms with E-state index in [4.69, 9.17) is 9.26 Å². The van der Waals surface area contributed by atoms with Gasteiger partial charge in [-0.3, -0.25) is 14.9 Å². The van der Waals surface area contributed by atoms with Crippen LogP contribution in [0.2, 0.25) is 0 Å². The van der Waals surface area contributed by atoms with Crippen LogP contribution in [-0.2, 0) is 16.1 Å². The molecule has 0 fully saturated rings. The molecule has 0 radical (unpaired) electrons. The van der Waals surface area contributed by atoms with E-state index in [0.717, 1.165) is 15.4 Å². The number of nitrogens with zero attached hydrogens (tertiary/aromatic N) is 2. The van der Waals surface area contributed by atoms with Gasteiger partial charge >= 0.3 is 0 Å². The van der Waals surface area contributed by atoms with Crippen molar-refractivity contribution in [3.8, 4) is 16.5 Å². The fourth-order valence-corrected chi connectivity index (χ4v) is 3.68. The summed E-state index contributed by atoms with van der Waals surface area (Å²) in [6, 6.07) is 5.49. The monoisotopic (exact) mass is 392 g/mol. The van der Waals surface area contributed by atoms with E-state index in [2.05, 4.69) is 20.8 Å². The Morgan fingerprint density at radius 3 is 2.92 bits per heavy atom. The van der Waals surface area contributed by atoms with Gasteiger partial charge in [0.15, 0.2) is 11.7 Å². The first-order chi connectivity index (χ1) is 12.5. The zero-order valence-corrected chi connectivity index (χ0v) is 15.7. The van der Waals surface area contributed by atoms with E-state index < -0.39 is 0 Å². The normalized spacial score (nSPS) is 10.5. The molecule has 3 aromatic heterocycles. The topological polar surface area (TPSA) is 106 Å². The second-order valence-electron chi connectivity index (χ2n) is 5.33. The first-order valence-corrected chi connectivity index (χ1v) is 9.34. The maximum atomic E-state index is 11.9. The molecule has 0 bridgehead atoms. The van der Waals surface area contributed by atoms with Crippen molar-refractivity contribution in [3.05, 3.63) is 34.2 Å². The van der Waals surface area contributed by atoms with Crippen LogP contribution in [0.1, 0.15) is 17.6 Å². The first kappa shape index (κ1) is 18.1. The maximum absolute atomic E-state index is 11.9. The predicted molar refractivity (Wildman–Crippen MR) is 98.3 cm³/mol. The minimum atomic E-state index is -0.330. The van der Waals surface area contributed by atoms with Gasteiger partial charge in [0.2, 0.25) is 5.91 Å². The highest BCUT2D eigenvalue weighted by Gasteiger charge is 2.11. The number of aryl methyl sites for hydroxylation is 1. The molecule has 2 amide bonds. The lowest BCUT2D eigenvalue weighted by molar-refractivity contribution is -0.119. The number of hydrogen-bond acceptors (Lipinski definition) is 8. The number of anilines is 1. The smallest absolute Gasteiger partial charge is 0.264 e. The van der Waals surface area contributed by atoms with Gasteiger partial charge in [0.1, 0.15) is 5.76 Å². The van der Waals surface area contributed by atoms with Gasteiger partial charge in [-0.2, -0.15) is 0 Å². The Labute approximate surface area is 157 Å². The molecule has 10 heteroatoms. The lowest BCUT2D eigenvalue weighted by Gasteiger charge is -2.01. The maximum Gasteiger partial charge on any atom is 0.264 e. The molecule has 8 nitrogen and oxygen atoms in total. The lowest BCUT2D eigenvalue weighted by Crippen LogP contribution is -2.20. The van der Waals surface area contributed by atoms with Crippen LogP contribution in [0.25, 0.3) is 10.6 Å². The molecular weight excluding hydrogens is 376 g/mol. The summed E-state index contributed by atoms with van der Waals surface area (Å²) < 4.78 is 10.1. The number of amides is 2. The van der Waals surface area contributed by atoms with Crippen LogP contribution in [0.15, 0.2) is 28.1 Å². The van der Waals surface area contributed by atoms with Crippen molar-refractivity contribution in [1.29, 1.82) is 0 Å². The Morgan fingerprint density at radius 1 is 1.35 bits per heavy atom. The van der Waals surface area contributed by atoms with Crippen LogP contribution in [0.3, 0.4) is 0 Å². The summed E-state index contributed by atoms with van der Waals surface area (Å²) in [4.78, 5) is 29.3. The highest BCUT2D eigenvalue weighted by atomic mass is 32.1. The molecule has 26 heavy (non-hydrogen) atoms. The molecule has 0 aliphatic carbocycles. The van der Waals surface area contributed by atoms with Gasteiger partial charge in [0.25, 0.3) is 11.8 Å². The van der Waals surface area contributed by atoms with Gasteiger partial charge in [0, 0.05) is 23.2 Å². The van der Waals surface area contributed by atoms with Crippen molar-refractivity contribution >= 4 is 39.6 Å². The number of hydrogen-bond donors (Lipinski definition) is 2. The predicted octanol–water partition coefficient (Wildman–Crippen LogP) is 2.82. The minimum Gasteiger partial charge on any atom is -0.465 e. The van der Waals surface area contributed by atoms with Crippen molar-refractivity contribution in [1.82, 2.24) is 15.5 Å². The number of thiophene rings is 1. The summed E-state index contributed by atoms with van der Waals surface area (Å²) in [5.74, 6) is 0.479. The standard InChI is InChI=1S/C16H16N4O4S2/c1-9-5-15(20-24-9)23-7-14(22)19-16-18-12(8-25-16)13-4-3-11(26-13)6-17-10(2)21/h3-5,8H,6-7H2,1-2H3,(H,17,21)(H,18,19,22). The number of aromatic nitrogens is 2. The highest BCUT2D eigenvalue weighted by Crippen LogP contribution is 2.30. The number of carbonyl (C=O) groups is 2. The largest absolute Gasteiger partial charge is 0.465 e. The molecule has 0 atom stereocenters. The molecule has 0 saturated heterocycles. The average molecular weight is 392 g/mol. The van der Waals surface area contributed by atoms with E-state index in [1.165, 1.54) is 18.3 Å². The van der Waals surface area contributed by atoms with Crippen LogP contribution in [0.4, 0.5) is 5.13 Å². The zero-order chi connectivity index (χ0) is 18.5. The van der Waals surface area contributed by atoms with Crippen molar-refractivity contribution in [3.63, 3.8) is 0 Å². The molecule has 136 valence electrons. The van der Waals surface area contributed by atoms with Crippen molar-refractivity contribution in [2.24, 2.45) is 0 Å². The van der Waals surface area contributed by atoms with Crippen LogP contribution >= 0.6 is 22.7 Å². The third kappa shape index (κ3) is 4.90. The van der Waals surface area contributed by atoms with Gasteiger partial charge in [-0.1, -0.05) is 0 Å². The van der Waals surface area contributed by atoms with Crippen LogP contribution in [0.5, 0.6) is 5.88 Å². The number of rotatable bonds is 7. The van der Waals surface area contributed by atoms with E-state index in [-0.39, 0.29) is 24.3 Å². The van der Waals surface area contributed by atoms with Gasteiger partial charge < -0.3 is 14.6 Å². The van der Waals surface area contributed by atoms with Crippen LogP contribution < -0.4 is 15.4 Å². The molecule has 3 heterocycles. The summed E-state index contributed by atoms with van der Waals surface area (Å²) in [6.45, 7) is 3.54. The number of ether oxygens (including phenoxy) is 1. The molecule has 0 aliphatic rings. The Kier molecular flexibility index (Phi) is 5.64. The minimum absolute atomic E-state index is 0.0680. The quantitative estimate of drug-likeness (QED) is 0.640. The van der Waals surface area contributed by atoms with Crippen LogP contribution in [-0.4, -0.2) is 28.6 Å². The lowest BCUT2D eigenvalue weighted by atomic mass is 10.3. The highest BCUT2D eigenvalue weighted by molar-refractivity contribution is 7.17. The van der Waals surface area contributed by atoms with Crippen molar-refractivity contribution in [2.75, 3.05) is 11.9 Å². The molecular formula is C16H16N4O4S2. The first-order valence-electron chi connectivity index (χ1n) is 7.64. The Morgan fingerprint density at radius 2 is 2.19 bits per heavy atom. The van der Waals surface area contributed by atoms with Gasteiger partial charge in [-0.05, 0) is 24.2 Å². The average Bonchev–Trinajstić information content (AvgIpc) is 3.31. The molecule has 0 saturated carbocycles. The third-order valence-electron chi connectivity index (χ3n) is 3.13. The van der Waals surface area contributed by atoms with Gasteiger partial charge in [-0.25, -0.2) is 4.98 Å². The molecule has 0 spiro atoms. The van der Waals surface area contributed by atoms with Crippen LogP contribution in [0, 0.1) is 6.92 Å². The van der Waals surface area contributed by atoms with E-state index in [9.17, 15) is 9.59 Å². The van der Waals surface area contributed by atoms with Crippen molar-refractivity contribution in [2.45, 2.75) is 20.4 Å². The number of nitrogens with one attached hydrogen (secondary N) is 2. The summed E-state index contributed by atoms with van der Waals surface area (Å²) in [7, 11) is 0. The Balaban J connectivity index is 1.54. The van der Waals surface area contributed by atoms with E-state index in [1.807, 2.05) is 17.5 Å². The molecule has 0 aromatic carbocycles. The zero-order valence-electron chi connectivity index (χ0n) is 14.1. The number of carbonyl (C=O) groups excluding carboxylic acids is 2. The van der Waals surface area contributed by atoms with Gasteiger partial charge in [0.05, 0.1) is 17.1 Å². The van der Waals surface area contributed by atoms with E-state index in [1.54, 1.807) is 24.3 Å². The Hall–Kier alpha value is -2.72. The molecule has 3 aromatic rings. The molecule has 3 rings (SSSR count). The van der Waals surface area contributed by atoms with Gasteiger partial charge in [-0.15, -0.1) is 22.7 Å². The number of thiazole rings is 1. The van der Waals surface area contributed by atoms with E-state index >= 15 is 0 Å². The fraction of sp³-hybridized carbons (Fsp3) is 0.250. The van der Waals surface area contributed by atoms with Crippen molar-refractivity contribution < 1.29 is 18.8 Å². The fourth-order valence-electron chi connectivity index (χ4n) is 1.97. The molecule has 2 N–H and O–H groups in total. The summed E-state index contributed by atoms with van der Waals surface area (Å²) >= 11 is 2.87. The summed E-state index contributed by atoms with van der Waals surface area (Å²) in [6.07, 6.45) is 0. The molecule has 0 aliphatic heterocycles. The third-order valence-corrected chi connectivity index (χ3v) is 5.00. The second kappa shape index (κ2) is 8.11. The molecule has 0 unspecified atom stereocenters. The Bertz CT molecular complexity index is 915. The second-order valence-corrected chi connectivity index (χ2v) is 7.35. The SMILES string of the molecule is CC(=O)NCc1ccc(-c2csc(NC(=O)COc3cc(C)on3)n2)s1.